The van der Waals surface area contributed by atoms with E-state index in [0.717, 1.165) is 43.6 Å². The van der Waals surface area contributed by atoms with Crippen molar-refractivity contribution in [1.29, 1.82) is 0 Å². The van der Waals surface area contributed by atoms with E-state index in [9.17, 15) is 0 Å². The van der Waals surface area contributed by atoms with E-state index in [1.165, 1.54) is 57.5 Å². The van der Waals surface area contributed by atoms with Gasteiger partial charge in [-0.05, 0) is 60.7 Å². The first-order valence-corrected chi connectivity index (χ1v) is 19.0. The van der Waals surface area contributed by atoms with Gasteiger partial charge in [0.2, 0.25) is 5.95 Å². The van der Waals surface area contributed by atoms with Crippen molar-refractivity contribution in [3.05, 3.63) is 158 Å². The molecule has 0 saturated heterocycles. The van der Waals surface area contributed by atoms with Gasteiger partial charge in [0.05, 0.1) is 38.0 Å². The summed E-state index contributed by atoms with van der Waals surface area (Å²) in [6.45, 7) is 0. The van der Waals surface area contributed by atoms with E-state index in [2.05, 4.69) is 167 Å². The van der Waals surface area contributed by atoms with Crippen molar-refractivity contribution < 1.29 is 0 Å². The van der Waals surface area contributed by atoms with Gasteiger partial charge in [-0.1, -0.05) is 97.1 Å². The van der Waals surface area contributed by atoms with E-state index in [1.807, 2.05) is 11.3 Å². The van der Waals surface area contributed by atoms with Gasteiger partial charge in [-0.2, -0.15) is 0 Å². The molecule has 0 fully saturated rings. The van der Waals surface area contributed by atoms with Crippen LogP contribution in [0.5, 0.6) is 0 Å². The van der Waals surface area contributed by atoms with Crippen LogP contribution in [0.3, 0.4) is 0 Å². The van der Waals surface area contributed by atoms with Crippen molar-refractivity contribution in [2.45, 2.75) is 0 Å². The third-order valence-corrected chi connectivity index (χ3v) is 12.8. The number of benzene rings is 7. The van der Waals surface area contributed by atoms with E-state index in [0.29, 0.717) is 5.95 Å². The number of nitrogens with zero attached hydrogens (tertiary/aromatic N) is 4. The molecule has 0 radical (unpaired) electrons. The molecule has 7 aromatic carbocycles. The van der Waals surface area contributed by atoms with Crippen LogP contribution in [0.4, 0.5) is 0 Å². The SMILES string of the molecule is c1ccc(-n2c3ccccc3c3cc(-c4nc(-n5c6ccccc6c6cc7c(cc65)sc5ccccc57)nc5c4sc4ccccc45)ccc32)cc1. The molecule has 4 nitrogen and oxygen atoms in total. The lowest BCUT2D eigenvalue weighted by Gasteiger charge is -2.11. The first-order chi connectivity index (χ1) is 25.8. The second-order valence-electron chi connectivity index (χ2n) is 13.4. The van der Waals surface area contributed by atoms with E-state index in [-0.39, 0.29) is 0 Å². The van der Waals surface area contributed by atoms with Gasteiger partial charge in [0.15, 0.2) is 0 Å². The van der Waals surface area contributed by atoms with Crippen LogP contribution < -0.4 is 0 Å². The molecule has 0 aliphatic rings. The molecular weight excluding hydrogens is 673 g/mol. The zero-order valence-electron chi connectivity index (χ0n) is 27.6. The van der Waals surface area contributed by atoms with Gasteiger partial charge in [-0.15, -0.1) is 22.7 Å². The smallest absolute Gasteiger partial charge is 0.235 e. The predicted molar refractivity (Wildman–Crippen MR) is 222 cm³/mol. The molecule has 242 valence electrons. The largest absolute Gasteiger partial charge is 0.309 e. The van der Waals surface area contributed by atoms with Crippen LogP contribution >= 0.6 is 22.7 Å². The lowest BCUT2D eigenvalue weighted by atomic mass is 10.1. The Morgan fingerprint density at radius 3 is 1.79 bits per heavy atom. The van der Waals surface area contributed by atoms with Crippen molar-refractivity contribution in [3.63, 3.8) is 0 Å². The second kappa shape index (κ2) is 10.6. The third-order valence-electron chi connectivity index (χ3n) is 10.5. The highest BCUT2D eigenvalue weighted by Gasteiger charge is 2.22. The Bertz CT molecular complexity index is 3420. The zero-order chi connectivity index (χ0) is 33.9. The maximum atomic E-state index is 5.54. The van der Waals surface area contributed by atoms with E-state index in [4.69, 9.17) is 9.97 Å². The van der Waals surface area contributed by atoms with Crippen LogP contribution in [0.1, 0.15) is 0 Å². The summed E-state index contributed by atoms with van der Waals surface area (Å²) in [5, 5.41) is 8.58. The van der Waals surface area contributed by atoms with Crippen LogP contribution in [0.25, 0.3) is 107 Å². The Kier molecular flexibility index (Phi) is 5.78. The Morgan fingerprint density at radius 1 is 0.385 bits per heavy atom. The molecule has 12 aromatic rings. The summed E-state index contributed by atoms with van der Waals surface area (Å²) in [7, 11) is 0. The number of para-hydroxylation sites is 3. The monoisotopic (exact) mass is 698 g/mol. The number of hydrogen-bond acceptors (Lipinski definition) is 4. The van der Waals surface area contributed by atoms with Crippen LogP contribution in [0, 0.1) is 0 Å². The fourth-order valence-corrected chi connectivity index (χ4v) is 10.5. The summed E-state index contributed by atoms with van der Waals surface area (Å²) < 4.78 is 9.52. The van der Waals surface area contributed by atoms with Gasteiger partial charge >= 0.3 is 0 Å². The molecule has 0 aliphatic heterocycles. The average molecular weight is 699 g/mol. The molecule has 0 atom stereocenters. The minimum absolute atomic E-state index is 0.685. The second-order valence-corrected chi connectivity index (χ2v) is 15.5. The molecule has 5 heterocycles. The van der Waals surface area contributed by atoms with Crippen molar-refractivity contribution in [2.75, 3.05) is 0 Å². The van der Waals surface area contributed by atoms with Crippen molar-refractivity contribution >= 4 is 107 Å². The molecule has 0 saturated carbocycles. The maximum absolute atomic E-state index is 5.54. The van der Waals surface area contributed by atoms with Crippen LogP contribution in [0.2, 0.25) is 0 Å². The van der Waals surface area contributed by atoms with Gasteiger partial charge in [-0.25, -0.2) is 9.97 Å². The van der Waals surface area contributed by atoms with E-state index >= 15 is 0 Å². The number of aromatic nitrogens is 4. The Labute approximate surface area is 305 Å². The molecule has 12 rings (SSSR count). The van der Waals surface area contributed by atoms with Gasteiger partial charge in [0, 0.05) is 63.1 Å². The summed E-state index contributed by atoms with van der Waals surface area (Å²) in [6.07, 6.45) is 0. The van der Waals surface area contributed by atoms with Crippen LogP contribution in [0.15, 0.2) is 158 Å². The number of thiophene rings is 2. The van der Waals surface area contributed by atoms with Gasteiger partial charge in [-0.3, -0.25) is 4.57 Å². The predicted octanol–water partition coefficient (Wildman–Crippen LogP) is 13.1. The highest BCUT2D eigenvalue weighted by Crippen LogP contribution is 2.43. The number of fused-ring (bicyclic) bond motifs is 12. The first-order valence-electron chi connectivity index (χ1n) is 17.4. The topological polar surface area (TPSA) is 35.6 Å². The summed E-state index contributed by atoms with van der Waals surface area (Å²) in [5.74, 6) is 0.685. The molecule has 5 aromatic heterocycles. The maximum Gasteiger partial charge on any atom is 0.235 e. The van der Waals surface area contributed by atoms with Gasteiger partial charge < -0.3 is 4.57 Å². The Balaban J connectivity index is 1.18. The summed E-state index contributed by atoms with van der Waals surface area (Å²) in [5.41, 5.74) is 8.75. The molecule has 0 amide bonds. The fourth-order valence-electron chi connectivity index (χ4n) is 8.25. The standard InChI is InChI=1S/C46H26N4S2/c1-2-12-28(13-3-1)49-36-18-8-4-14-29(36)33-24-27(22-23-38(33)49)43-45-44(32-17-7-11-21-41(32)52-45)48-46(47-43)50-37-19-9-5-15-30(37)34-25-35-31-16-6-10-20-40(31)51-42(35)26-39(34)50/h1-26H. The fraction of sp³-hybridized carbons (Fsp3) is 0. The first kappa shape index (κ1) is 28.4. The van der Waals surface area contributed by atoms with Crippen LogP contribution in [-0.2, 0) is 0 Å². The minimum atomic E-state index is 0.685. The van der Waals surface area contributed by atoms with Crippen molar-refractivity contribution in [2.24, 2.45) is 0 Å². The molecular formula is C46H26N4S2. The molecule has 0 spiro atoms. The molecule has 0 N–H and O–H groups in total. The molecule has 0 bridgehead atoms. The normalized spacial score (nSPS) is 12.2. The molecule has 52 heavy (non-hydrogen) atoms. The summed E-state index contributed by atoms with van der Waals surface area (Å²) >= 11 is 3.62. The van der Waals surface area contributed by atoms with E-state index in [1.54, 1.807) is 11.3 Å². The lowest BCUT2D eigenvalue weighted by molar-refractivity contribution is 1.02. The quantitative estimate of drug-likeness (QED) is 0.184. The zero-order valence-corrected chi connectivity index (χ0v) is 29.2. The van der Waals surface area contributed by atoms with Crippen LogP contribution in [-0.4, -0.2) is 19.1 Å². The highest BCUT2D eigenvalue weighted by atomic mass is 32.1. The van der Waals surface area contributed by atoms with E-state index < -0.39 is 0 Å². The van der Waals surface area contributed by atoms with Gasteiger partial charge in [0.1, 0.15) is 0 Å². The van der Waals surface area contributed by atoms with Crippen molar-refractivity contribution in [3.8, 4) is 22.9 Å². The Hall–Kier alpha value is -6.34. The minimum Gasteiger partial charge on any atom is -0.309 e. The summed E-state index contributed by atoms with van der Waals surface area (Å²) in [4.78, 5) is 11.0. The highest BCUT2D eigenvalue weighted by molar-refractivity contribution is 7.26. The third kappa shape index (κ3) is 3.90. The average Bonchev–Trinajstić information content (AvgIpc) is 3.94. The Morgan fingerprint density at radius 2 is 1.00 bits per heavy atom. The summed E-state index contributed by atoms with van der Waals surface area (Å²) in [6, 6.07) is 56.9. The molecule has 0 unspecified atom stereocenters. The van der Waals surface area contributed by atoms with Gasteiger partial charge in [0.25, 0.3) is 0 Å². The van der Waals surface area contributed by atoms with Crippen molar-refractivity contribution in [1.82, 2.24) is 19.1 Å². The number of hydrogen-bond donors (Lipinski definition) is 0. The molecule has 6 heteroatoms. The number of rotatable bonds is 3. The molecule has 0 aliphatic carbocycles. The lowest BCUT2D eigenvalue weighted by Crippen LogP contribution is -2.02.